The van der Waals surface area contributed by atoms with Crippen molar-refractivity contribution in [3.63, 3.8) is 0 Å². The van der Waals surface area contributed by atoms with Crippen LogP contribution in [0.3, 0.4) is 0 Å². The molecule has 0 saturated heterocycles. The molecule has 0 unspecified atom stereocenters. The maximum absolute atomic E-state index is 5.96. The van der Waals surface area contributed by atoms with E-state index in [0.717, 1.165) is 22.2 Å². The highest BCUT2D eigenvalue weighted by molar-refractivity contribution is 6.30. The van der Waals surface area contributed by atoms with Crippen molar-refractivity contribution < 1.29 is 4.42 Å². The number of nitrogens with two attached hydrogens (primary N) is 1. The summed E-state index contributed by atoms with van der Waals surface area (Å²) in [5, 5.41) is 0.664. The molecule has 1 aromatic heterocycles. The SMILES string of the molecule is NCc1ccc2oc(-c3cccc(Cl)c3)nc2c1. The molecule has 0 aliphatic heterocycles. The average molecular weight is 259 g/mol. The first-order chi connectivity index (χ1) is 8.76. The van der Waals surface area contributed by atoms with Crippen LogP contribution in [-0.2, 0) is 6.54 Å². The van der Waals surface area contributed by atoms with E-state index in [9.17, 15) is 0 Å². The number of halogens is 1. The van der Waals surface area contributed by atoms with Crippen LogP contribution in [0.15, 0.2) is 46.9 Å². The predicted octanol–water partition coefficient (Wildman–Crippen LogP) is 3.61. The first-order valence-corrected chi connectivity index (χ1v) is 5.99. The second kappa shape index (κ2) is 4.44. The van der Waals surface area contributed by atoms with Crippen LogP contribution in [0.1, 0.15) is 5.56 Å². The molecular weight excluding hydrogens is 248 g/mol. The van der Waals surface area contributed by atoms with Gasteiger partial charge in [0.2, 0.25) is 5.89 Å². The zero-order chi connectivity index (χ0) is 12.5. The fraction of sp³-hybridized carbons (Fsp3) is 0.0714. The van der Waals surface area contributed by atoms with Crippen molar-refractivity contribution in [3.8, 4) is 11.5 Å². The molecular formula is C14H11ClN2O. The van der Waals surface area contributed by atoms with Gasteiger partial charge in [0, 0.05) is 17.1 Å². The number of fused-ring (bicyclic) bond motifs is 1. The van der Waals surface area contributed by atoms with E-state index in [-0.39, 0.29) is 0 Å². The normalized spacial score (nSPS) is 11.0. The third kappa shape index (κ3) is 1.98. The second-order valence-corrected chi connectivity index (χ2v) is 4.47. The van der Waals surface area contributed by atoms with Crippen molar-refractivity contribution in [2.75, 3.05) is 0 Å². The van der Waals surface area contributed by atoms with Crippen LogP contribution < -0.4 is 5.73 Å². The molecule has 0 aliphatic carbocycles. The van der Waals surface area contributed by atoms with E-state index in [1.165, 1.54) is 0 Å². The van der Waals surface area contributed by atoms with E-state index < -0.39 is 0 Å². The lowest BCUT2D eigenvalue weighted by Gasteiger charge is -1.94. The quantitative estimate of drug-likeness (QED) is 0.764. The Kier molecular flexibility index (Phi) is 2.78. The third-order valence-corrected chi connectivity index (χ3v) is 2.99. The lowest BCUT2D eigenvalue weighted by Crippen LogP contribution is -1.94. The van der Waals surface area contributed by atoms with Gasteiger partial charge in [-0.25, -0.2) is 4.98 Å². The summed E-state index contributed by atoms with van der Waals surface area (Å²) in [6.07, 6.45) is 0. The maximum Gasteiger partial charge on any atom is 0.227 e. The molecule has 0 spiro atoms. The first-order valence-electron chi connectivity index (χ1n) is 5.62. The number of aromatic nitrogens is 1. The summed E-state index contributed by atoms with van der Waals surface area (Å²) in [5.41, 5.74) is 9.07. The van der Waals surface area contributed by atoms with Gasteiger partial charge in [0.15, 0.2) is 5.58 Å². The van der Waals surface area contributed by atoms with Gasteiger partial charge in [-0.15, -0.1) is 0 Å². The van der Waals surface area contributed by atoms with E-state index >= 15 is 0 Å². The highest BCUT2D eigenvalue weighted by Gasteiger charge is 2.08. The van der Waals surface area contributed by atoms with E-state index in [2.05, 4.69) is 4.98 Å². The molecule has 18 heavy (non-hydrogen) atoms. The van der Waals surface area contributed by atoms with Gasteiger partial charge in [-0.05, 0) is 35.9 Å². The smallest absolute Gasteiger partial charge is 0.227 e. The third-order valence-electron chi connectivity index (χ3n) is 2.76. The van der Waals surface area contributed by atoms with Crippen LogP contribution in [-0.4, -0.2) is 4.98 Å². The van der Waals surface area contributed by atoms with Crippen molar-refractivity contribution in [3.05, 3.63) is 53.1 Å². The van der Waals surface area contributed by atoms with Crippen molar-refractivity contribution in [1.29, 1.82) is 0 Å². The molecule has 3 aromatic rings. The highest BCUT2D eigenvalue weighted by Crippen LogP contribution is 2.26. The monoisotopic (exact) mass is 258 g/mol. The standard InChI is InChI=1S/C14H11ClN2O/c15-11-3-1-2-10(7-11)14-17-12-6-9(8-16)4-5-13(12)18-14/h1-7H,8,16H2. The Labute approximate surface area is 109 Å². The number of hydrogen-bond acceptors (Lipinski definition) is 3. The topological polar surface area (TPSA) is 52.0 Å². The molecule has 0 fully saturated rings. The Hall–Kier alpha value is -1.84. The maximum atomic E-state index is 5.96. The number of rotatable bonds is 2. The highest BCUT2D eigenvalue weighted by atomic mass is 35.5. The Morgan fingerprint density at radius 1 is 1.17 bits per heavy atom. The van der Waals surface area contributed by atoms with Gasteiger partial charge in [-0.1, -0.05) is 23.7 Å². The summed E-state index contributed by atoms with van der Waals surface area (Å²) in [5.74, 6) is 0.571. The Balaban J connectivity index is 2.13. The van der Waals surface area contributed by atoms with Gasteiger partial charge >= 0.3 is 0 Å². The number of nitrogens with zero attached hydrogens (tertiary/aromatic N) is 1. The Bertz CT molecular complexity index is 706. The second-order valence-electron chi connectivity index (χ2n) is 4.04. The minimum absolute atomic E-state index is 0.495. The molecule has 90 valence electrons. The molecule has 3 nitrogen and oxygen atoms in total. The predicted molar refractivity (Wildman–Crippen MR) is 72.3 cm³/mol. The van der Waals surface area contributed by atoms with Gasteiger partial charge in [0.1, 0.15) is 5.52 Å². The van der Waals surface area contributed by atoms with Crippen molar-refractivity contribution in [2.45, 2.75) is 6.54 Å². The van der Waals surface area contributed by atoms with Crippen LogP contribution in [0.5, 0.6) is 0 Å². The van der Waals surface area contributed by atoms with Crippen LogP contribution in [0, 0.1) is 0 Å². The molecule has 0 bridgehead atoms. The van der Waals surface area contributed by atoms with Crippen molar-refractivity contribution in [2.24, 2.45) is 5.73 Å². The fourth-order valence-electron chi connectivity index (χ4n) is 1.84. The van der Waals surface area contributed by atoms with Gasteiger partial charge in [0.05, 0.1) is 0 Å². The molecule has 0 saturated carbocycles. The van der Waals surface area contributed by atoms with Crippen LogP contribution >= 0.6 is 11.6 Å². The lowest BCUT2D eigenvalue weighted by molar-refractivity contribution is 0.620. The van der Waals surface area contributed by atoms with Gasteiger partial charge < -0.3 is 10.2 Å². The summed E-state index contributed by atoms with van der Waals surface area (Å²) in [6.45, 7) is 0.495. The zero-order valence-corrected chi connectivity index (χ0v) is 10.3. The van der Waals surface area contributed by atoms with Gasteiger partial charge in [-0.3, -0.25) is 0 Å². The summed E-state index contributed by atoms with van der Waals surface area (Å²) >= 11 is 5.96. The molecule has 1 heterocycles. The number of oxazole rings is 1. The molecule has 0 atom stereocenters. The summed E-state index contributed by atoms with van der Waals surface area (Å²) in [4.78, 5) is 4.45. The van der Waals surface area contributed by atoms with E-state index in [0.29, 0.717) is 17.5 Å². The average Bonchev–Trinajstić information content (AvgIpc) is 2.81. The molecule has 2 aromatic carbocycles. The fourth-order valence-corrected chi connectivity index (χ4v) is 2.04. The van der Waals surface area contributed by atoms with Crippen molar-refractivity contribution >= 4 is 22.7 Å². The summed E-state index contributed by atoms with van der Waals surface area (Å²) in [7, 11) is 0. The number of benzene rings is 2. The molecule has 0 amide bonds. The van der Waals surface area contributed by atoms with Crippen LogP contribution in [0.25, 0.3) is 22.6 Å². The van der Waals surface area contributed by atoms with Crippen LogP contribution in [0.2, 0.25) is 5.02 Å². The molecule has 0 aliphatic rings. The molecule has 3 rings (SSSR count). The summed E-state index contributed by atoms with van der Waals surface area (Å²) in [6, 6.07) is 13.2. The van der Waals surface area contributed by atoms with Gasteiger partial charge in [0.25, 0.3) is 0 Å². The number of hydrogen-bond donors (Lipinski definition) is 1. The lowest BCUT2D eigenvalue weighted by atomic mass is 10.2. The molecule has 2 N–H and O–H groups in total. The Morgan fingerprint density at radius 2 is 2.06 bits per heavy atom. The van der Waals surface area contributed by atoms with E-state index in [4.69, 9.17) is 21.8 Å². The molecule has 0 radical (unpaired) electrons. The van der Waals surface area contributed by atoms with Gasteiger partial charge in [-0.2, -0.15) is 0 Å². The van der Waals surface area contributed by atoms with Crippen molar-refractivity contribution in [1.82, 2.24) is 4.98 Å². The largest absolute Gasteiger partial charge is 0.436 e. The van der Waals surface area contributed by atoms with Crippen LogP contribution in [0.4, 0.5) is 0 Å². The minimum Gasteiger partial charge on any atom is -0.436 e. The minimum atomic E-state index is 0.495. The van der Waals surface area contributed by atoms with E-state index in [1.54, 1.807) is 0 Å². The van der Waals surface area contributed by atoms with E-state index in [1.807, 2.05) is 42.5 Å². The zero-order valence-electron chi connectivity index (χ0n) is 9.56. The molecule has 4 heteroatoms. The Morgan fingerprint density at radius 3 is 2.83 bits per heavy atom. The summed E-state index contributed by atoms with van der Waals surface area (Å²) < 4.78 is 5.70. The first kappa shape index (κ1) is 11.3.